The van der Waals surface area contributed by atoms with E-state index in [9.17, 15) is 0 Å². The standard InChI is InChI=1S/C11H17N5/c1-5-16-8(3)11(7(2)13-16)9-6-10(12)15(4)14-9/h6H,5,12H2,1-4H3. The molecule has 0 aliphatic heterocycles. The summed E-state index contributed by atoms with van der Waals surface area (Å²) in [5.74, 6) is 0.665. The van der Waals surface area contributed by atoms with Crippen LogP contribution in [0.2, 0.25) is 0 Å². The Bertz CT molecular complexity index is 501. The van der Waals surface area contributed by atoms with Crippen molar-refractivity contribution in [2.24, 2.45) is 7.05 Å². The van der Waals surface area contributed by atoms with Crippen LogP contribution in [0.3, 0.4) is 0 Å². The molecule has 2 aromatic heterocycles. The molecule has 0 unspecified atom stereocenters. The molecule has 16 heavy (non-hydrogen) atoms. The van der Waals surface area contributed by atoms with Crippen LogP contribution in [-0.4, -0.2) is 19.6 Å². The van der Waals surface area contributed by atoms with E-state index < -0.39 is 0 Å². The minimum Gasteiger partial charge on any atom is -0.384 e. The van der Waals surface area contributed by atoms with E-state index in [0.29, 0.717) is 5.82 Å². The van der Waals surface area contributed by atoms with Crippen LogP contribution < -0.4 is 5.73 Å². The Labute approximate surface area is 94.9 Å². The highest BCUT2D eigenvalue weighted by molar-refractivity contribution is 5.67. The fraction of sp³-hybridized carbons (Fsp3) is 0.455. The van der Waals surface area contributed by atoms with E-state index in [1.54, 1.807) is 4.68 Å². The Kier molecular flexibility index (Phi) is 2.46. The second-order valence-corrected chi connectivity index (χ2v) is 3.94. The van der Waals surface area contributed by atoms with Crippen molar-refractivity contribution in [1.82, 2.24) is 19.6 Å². The fourth-order valence-electron chi connectivity index (χ4n) is 1.98. The number of nitrogen functional groups attached to an aromatic ring is 1. The number of nitrogens with zero attached hydrogens (tertiary/aromatic N) is 4. The predicted octanol–water partition coefficient (Wildman–Crippen LogP) is 1.50. The molecule has 0 spiro atoms. The SMILES string of the molecule is CCn1nc(C)c(-c2cc(N)n(C)n2)c1C. The highest BCUT2D eigenvalue weighted by Crippen LogP contribution is 2.26. The third-order valence-electron chi connectivity index (χ3n) is 2.85. The zero-order valence-corrected chi connectivity index (χ0v) is 10.2. The van der Waals surface area contributed by atoms with Crippen LogP contribution in [0, 0.1) is 13.8 Å². The summed E-state index contributed by atoms with van der Waals surface area (Å²) in [5.41, 5.74) is 9.92. The summed E-state index contributed by atoms with van der Waals surface area (Å²) in [6.45, 7) is 7.01. The Morgan fingerprint density at radius 1 is 1.31 bits per heavy atom. The van der Waals surface area contributed by atoms with Crippen LogP contribution in [0.5, 0.6) is 0 Å². The smallest absolute Gasteiger partial charge is 0.121 e. The third kappa shape index (κ3) is 1.48. The lowest BCUT2D eigenvalue weighted by Gasteiger charge is -1.99. The number of aromatic nitrogens is 4. The molecular formula is C11H17N5. The zero-order valence-electron chi connectivity index (χ0n) is 10.2. The molecule has 2 aromatic rings. The van der Waals surface area contributed by atoms with E-state index in [4.69, 9.17) is 5.73 Å². The monoisotopic (exact) mass is 219 g/mol. The van der Waals surface area contributed by atoms with Crippen LogP contribution >= 0.6 is 0 Å². The molecule has 0 aliphatic carbocycles. The normalized spacial score (nSPS) is 11.0. The van der Waals surface area contributed by atoms with Gasteiger partial charge >= 0.3 is 0 Å². The molecule has 2 N–H and O–H groups in total. The number of nitrogens with two attached hydrogens (primary N) is 1. The molecule has 0 bridgehead atoms. The van der Waals surface area contributed by atoms with Gasteiger partial charge in [0.2, 0.25) is 0 Å². The van der Waals surface area contributed by atoms with Gasteiger partial charge in [-0.2, -0.15) is 10.2 Å². The molecular weight excluding hydrogens is 202 g/mol. The van der Waals surface area contributed by atoms with E-state index in [2.05, 4.69) is 24.0 Å². The van der Waals surface area contributed by atoms with Crippen molar-refractivity contribution in [2.45, 2.75) is 27.3 Å². The lowest BCUT2D eigenvalue weighted by Crippen LogP contribution is -1.99. The quantitative estimate of drug-likeness (QED) is 0.832. The molecule has 5 nitrogen and oxygen atoms in total. The summed E-state index contributed by atoms with van der Waals surface area (Å²) in [6, 6.07) is 1.89. The molecule has 2 rings (SSSR count). The molecule has 0 fully saturated rings. The van der Waals surface area contributed by atoms with Crippen LogP contribution in [0.4, 0.5) is 5.82 Å². The molecule has 2 heterocycles. The molecule has 0 atom stereocenters. The summed E-state index contributed by atoms with van der Waals surface area (Å²) < 4.78 is 3.66. The Balaban J connectivity index is 2.59. The molecule has 0 amide bonds. The van der Waals surface area contributed by atoms with Gasteiger partial charge in [0, 0.05) is 30.9 Å². The average molecular weight is 219 g/mol. The molecule has 86 valence electrons. The highest BCUT2D eigenvalue weighted by atomic mass is 15.3. The van der Waals surface area contributed by atoms with E-state index in [0.717, 1.165) is 29.2 Å². The van der Waals surface area contributed by atoms with Gasteiger partial charge < -0.3 is 5.73 Å². The van der Waals surface area contributed by atoms with Gasteiger partial charge in [0.25, 0.3) is 0 Å². The van der Waals surface area contributed by atoms with E-state index in [1.165, 1.54) is 0 Å². The van der Waals surface area contributed by atoms with Gasteiger partial charge in [-0.15, -0.1) is 0 Å². The first-order chi connectivity index (χ1) is 7.54. The van der Waals surface area contributed by atoms with E-state index in [-0.39, 0.29) is 0 Å². The Morgan fingerprint density at radius 2 is 2.00 bits per heavy atom. The van der Waals surface area contributed by atoms with Crippen molar-refractivity contribution in [3.05, 3.63) is 17.5 Å². The summed E-state index contributed by atoms with van der Waals surface area (Å²) >= 11 is 0. The first kappa shape index (κ1) is 10.7. The lowest BCUT2D eigenvalue weighted by molar-refractivity contribution is 0.634. The summed E-state index contributed by atoms with van der Waals surface area (Å²) in [6.07, 6.45) is 0. The van der Waals surface area contributed by atoms with Crippen molar-refractivity contribution in [2.75, 3.05) is 5.73 Å². The predicted molar refractivity (Wildman–Crippen MR) is 64.0 cm³/mol. The third-order valence-corrected chi connectivity index (χ3v) is 2.85. The molecule has 0 saturated carbocycles. The molecule has 0 aromatic carbocycles. The van der Waals surface area contributed by atoms with Gasteiger partial charge in [0.15, 0.2) is 0 Å². The van der Waals surface area contributed by atoms with Gasteiger partial charge in [0.05, 0.1) is 11.4 Å². The first-order valence-corrected chi connectivity index (χ1v) is 5.38. The maximum atomic E-state index is 5.79. The number of hydrogen-bond donors (Lipinski definition) is 1. The number of anilines is 1. The number of hydrogen-bond acceptors (Lipinski definition) is 3. The second kappa shape index (κ2) is 3.66. The van der Waals surface area contributed by atoms with Crippen molar-refractivity contribution in [1.29, 1.82) is 0 Å². The molecule has 0 radical (unpaired) electrons. The molecule has 0 saturated heterocycles. The zero-order chi connectivity index (χ0) is 11.9. The van der Waals surface area contributed by atoms with E-state index >= 15 is 0 Å². The largest absolute Gasteiger partial charge is 0.384 e. The Hall–Kier alpha value is -1.78. The summed E-state index contributed by atoms with van der Waals surface area (Å²) in [4.78, 5) is 0. The van der Waals surface area contributed by atoms with Crippen LogP contribution in [0.25, 0.3) is 11.3 Å². The van der Waals surface area contributed by atoms with Crippen molar-refractivity contribution in [3.63, 3.8) is 0 Å². The second-order valence-electron chi connectivity index (χ2n) is 3.94. The van der Waals surface area contributed by atoms with Crippen LogP contribution in [-0.2, 0) is 13.6 Å². The van der Waals surface area contributed by atoms with Gasteiger partial charge in [-0.25, -0.2) is 0 Å². The fourth-order valence-corrected chi connectivity index (χ4v) is 1.98. The number of rotatable bonds is 2. The topological polar surface area (TPSA) is 61.7 Å². The minimum atomic E-state index is 0.665. The van der Waals surface area contributed by atoms with Gasteiger partial charge in [-0.05, 0) is 20.8 Å². The lowest BCUT2D eigenvalue weighted by atomic mass is 10.1. The Morgan fingerprint density at radius 3 is 2.44 bits per heavy atom. The van der Waals surface area contributed by atoms with Crippen molar-refractivity contribution in [3.8, 4) is 11.3 Å². The van der Waals surface area contributed by atoms with E-state index in [1.807, 2.05) is 24.7 Å². The minimum absolute atomic E-state index is 0.665. The maximum absolute atomic E-state index is 5.79. The van der Waals surface area contributed by atoms with Crippen LogP contribution in [0.1, 0.15) is 18.3 Å². The van der Waals surface area contributed by atoms with Crippen molar-refractivity contribution >= 4 is 5.82 Å². The van der Waals surface area contributed by atoms with Gasteiger partial charge in [0.1, 0.15) is 5.82 Å². The first-order valence-electron chi connectivity index (χ1n) is 5.38. The van der Waals surface area contributed by atoms with Crippen molar-refractivity contribution < 1.29 is 0 Å². The van der Waals surface area contributed by atoms with Gasteiger partial charge in [-0.1, -0.05) is 0 Å². The van der Waals surface area contributed by atoms with Crippen LogP contribution in [0.15, 0.2) is 6.07 Å². The van der Waals surface area contributed by atoms with Gasteiger partial charge in [-0.3, -0.25) is 9.36 Å². The molecule has 0 aliphatic rings. The maximum Gasteiger partial charge on any atom is 0.121 e. The average Bonchev–Trinajstić information content (AvgIpc) is 2.69. The number of aryl methyl sites for hydroxylation is 3. The summed E-state index contributed by atoms with van der Waals surface area (Å²) in [5, 5.41) is 8.86. The highest BCUT2D eigenvalue weighted by Gasteiger charge is 2.15. The summed E-state index contributed by atoms with van der Waals surface area (Å²) in [7, 11) is 1.84. The molecule has 5 heteroatoms.